The second-order valence-corrected chi connectivity index (χ2v) is 8.38. The molecule has 7 nitrogen and oxygen atoms in total. The molecule has 1 aliphatic rings. The molecular weight excluding hydrogens is 404 g/mol. The van der Waals surface area contributed by atoms with E-state index in [-0.39, 0.29) is 30.9 Å². The number of rotatable bonds is 8. The molecule has 1 amide bonds. The van der Waals surface area contributed by atoms with Crippen molar-refractivity contribution in [3.63, 3.8) is 0 Å². The van der Waals surface area contributed by atoms with Gasteiger partial charge >= 0.3 is 5.97 Å². The van der Waals surface area contributed by atoms with Crippen molar-refractivity contribution < 1.29 is 23.9 Å². The minimum atomic E-state index is -0.453. The Kier molecular flexibility index (Phi) is 7.10. The summed E-state index contributed by atoms with van der Waals surface area (Å²) >= 11 is 1.35. The number of carbonyl (C=O) groups is 3. The molecule has 3 heterocycles. The first-order chi connectivity index (χ1) is 14.3. The lowest BCUT2D eigenvalue weighted by Gasteiger charge is -2.24. The van der Waals surface area contributed by atoms with E-state index < -0.39 is 5.97 Å². The lowest BCUT2D eigenvalue weighted by Crippen LogP contribution is -2.40. The third-order valence-corrected chi connectivity index (χ3v) is 6.34. The van der Waals surface area contributed by atoms with Gasteiger partial charge in [-0.15, -0.1) is 11.3 Å². The Morgan fingerprint density at radius 3 is 2.70 bits per heavy atom. The van der Waals surface area contributed by atoms with Crippen LogP contribution in [0.5, 0.6) is 0 Å². The molecule has 2 aromatic rings. The molecule has 0 spiro atoms. The van der Waals surface area contributed by atoms with Gasteiger partial charge in [0.1, 0.15) is 5.69 Å². The van der Waals surface area contributed by atoms with Gasteiger partial charge in [-0.3, -0.25) is 9.59 Å². The Balaban J connectivity index is 1.87. The van der Waals surface area contributed by atoms with Crippen molar-refractivity contribution >= 4 is 29.0 Å². The fourth-order valence-corrected chi connectivity index (χ4v) is 4.63. The summed E-state index contributed by atoms with van der Waals surface area (Å²) in [6.07, 6.45) is 1.77. The number of nitrogens with zero attached hydrogens (tertiary/aromatic N) is 2. The van der Waals surface area contributed by atoms with Gasteiger partial charge in [0.25, 0.3) is 5.91 Å². The van der Waals surface area contributed by atoms with Crippen molar-refractivity contribution in [3.05, 3.63) is 44.9 Å². The minimum absolute atomic E-state index is 0.0604. The second-order valence-electron chi connectivity index (χ2n) is 7.43. The van der Waals surface area contributed by atoms with Crippen molar-refractivity contribution in [2.45, 2.75) is 39.7 Å². The Bertz CT molecular complexity index is 926. The maximum atomic E-state index is 13.3. The maximum absolute atomic E-state index is 13.3. The van der Waals surface area contributed by atoms with E-state index in [1.807, 2.05) is 11.4 Å². The van der Waals surface area contributed by atoms with Gasteiger partial charge in [0.2, 0.25) is 0 Å². The number of hydrogen-bond acceptors (Lipinski definition) is 6. The summed E-state index contributed by atoms with van der Waals surface area (Å²) in [7, 11) is 1.74. The van der Waals surface area contributed by atoms with Gasteiger partial charge in [0, 0.05) is 31.5 Å². The number of esters is 1. The molecule has 30 heavy (non-hydrogen) atoms. The van der Waals surface area contributed by atoms with Gasteiger partial charge < -0.3 is 18.9 Å². The number of thiophene rings is 1. The van der Waals surface area contributed by atoms with E-state index in [0.29, 0.717) is 40.5 Å². The molecule has 3 rings (SSSR count). The van der Waals surface area contributed by atoms with E-state index in [2.05, 4.69) is 0 Å². The number of hydrogen-bond donors (Lipinski definition) is 0. The highest BCUT2D eigenvalue weighted by Crippen LogP contribution is 2.24. The summed E-state index contributed by atoms with van der Waals surface area (Å²) in [6.45, 7) is 6.54. The average Bonchev–Trinajstić information content (AvgIpc) is 3.44. The van der Waals surface area contributed by atoms with E-state index >= 15 is 0 Å². The molecular formula is C22H28N2O5S. The topological polar surface area (TPSA) is 77.8 Å². The number of ether oxygens (including phenoxy) is 2. The van der Waals surface area contributed by atoms with Gasteiger partial charge in [-0.2, -0.15) is 0 Å². The Hall–Kier alpha value is -2.45. The van der Waals surface area contributed by atoms with E-state index in [1.54, 1.807) is 43.4 Å². The molecule has 0 radical (unpaired) electrons. The number of Topliss-reactive ketones (excluding diaryl/α,β-unsaturated/α-hetero) is 1. The summed E-state index contributed by atoms with van der Waals surface area (Å²) in [5.41, 5.74) is 2.10. The van der Waals surface area contributed by atoms with Crippen molar-refractivity contribution in [1.82, 2.24) is 9.47 Å². The molecule has 8 heteroatoms. The second kappa shape index (κ2) is 9.57. The van der Waals surface area contributed by atoms with E-state index in [9.17, 15) is 14.4 Å². The quantitative estimate of drug-likeness (QED) is 0.472. The number of aromatic nitrogens is 1. The fraction of sp³-hybridized carbons (Fsp3) is 0.500. The zero-order valence-corrected chi connectivity index (χ0v) is 18.7. The SMILES string of the molecule is CCOC(=O)c1c(C)c(C(=O)CN(C[C@@H]2CCCO2)C(=O)c2cccs2)c(C)n1C. The predicted octanol–water partition coefficient (Wildman–Crippen LogP) is 3.38. The molecule has 162 valence electrons. The zero-order valence-electron chi connectivity index (χ0n) is 17.9. The first-order valence-corrected chi connectivity index (χ1v) is 11.0. The van der Waals surface area contributed by atoms with Crippen molar-refractivity contribution in [1.29, 1.82) is 0 Å². The Morgan fingerprint density at radius 1 is 1.33 bits per heavy atom. The molecule has 1 saturated heterocycles. The highest BCUT2D eigenvalue weighted by Gasteiger charge is 2.30. The average molecular weight is 433 g/mol. The molecule has 0 N–H and O–H groups in total. The van der Waals surface area contributed by atoms with Crippen LogP contribution in [0.3, 0.4) is 0 Å². The lowest BCUT2D eigenvalue weighted by molar-refractivity contribution is 0.0508. The number of amides is 1. The molecule has 1 atom stereocenters. The normalized spacial score (nSPS) is 15.9. The smallest absolute Gasteiger partial charge is 0.355 e. The standard InChI is InChI=1S/C22H28N2O5S/c1-5-28-22(27)20-14(2)19(15(3)23(20)4)17(25)13-24(12-16-8-6-10-29-16)21(26)18-9-7-11-30-18/h7,9,11,16H,5-6,8,10,12-13H2,1-4H3/t16-/m0/s1. The monoisotopic (exact) mass is 432 g/mol. The van der Waals surface area contributed by atoms with E-state index in [4.69, 9.17) is 9.47 Å². The fourth-order valence-electron chi connectivity index (χ4n) is 3.94. The van der Waals surface area contributed by atoms with Gasteiger partial charge in [-0.25, -0.2) is 4.79 Å². The minimum Gasteiger partial charge on any atom is -0.461 e. The molecule has 0 aromatic carbocycles. The van der Waals surface area contributed by atoms with Gasteiger partial charge in [-0.05, 0) is 50.6 Å². The van der Waals surface area contributed by atoms with Crippen molar-refractivity contribution in [2.75, 3.05) is 26.3 Å². The van der Waals surface area contributed by atoms with Crippen LogP contribution in [0.2, 0.25) is 0 Å². The third kappa shape index (κ3) is 4.49. The Morgan fingerprint density at radius 2 is 2.10 bits per heavy atom. The summed E-state index contributed by atoms with van der Waals surface area (Å²) < 4.78 is 12.5. The summed E-state index contributed by atoms with van der Waals surface area (Å²) in [6, 6.07) is 3.58. The Labute approximate surface area is 180 Å². The van der Waals surface area contributed by atoms with Gasteiger partial charge in [0.05, 0.1) is 24.1 Å². The highest BCUT2D eigenvalue weighted by molar-refractivity contribution is 7.12. The number of carbonyl (C=O) groups excluding carboxylic acids is 3. The van der Waals surface area contributed by atoms with Crippen LogP contribution in [0.1, 0.15) is 61.5 Å². The molecule has 1 aliphatic heterocycles. The third-order valence-electron chi connectivity index (χ3n) is 5.48. The molecule has 2 aromatic heterocycles. The van der Waals surface area contributed by atoms with Crippen LogP contribution < -0.4 is 0 Å². The van der Waals surface area contributed by atoms with Crippen LogP contribution in [-0.4, -0.2) is 59.5 Å². The van der Waals surface area contributed by atoms with E-state index in [0.717, 1.165) is 12.8 Å². The molecule has 0 bridgehead atoms. The van der Waals surface area contributed by atoms with Crippen molar-refractivity contribution in [2.24, 2.45) is 7.05 Å². The van der Waals surface area contributed by atoms with Crippen LogP contribution >= 0.6 is 11.3 Å². The van der Waals surface area contributed by atoms with Crippen LogP contribution in [0, 0.1) is 13.8 Å². The van der Waals surface area contributed by atoms with Crippen LogP contribution in [0.15, 0.2) is 17.5 Å². The van der Waals surface area contributed by atoms with Crippen LogP contribution in [-0.2, 0) is 16.5 Å². The first kappa shape index (κ1) is 22.2. The predicted molar refractivity (Wildman–Crippen MR) is 114 cm³/mol. The van der Waals surface area contributed by atoms with Gasteiger partial charge in [0.15, 0.2) is 5.78 Å². The zero-order chi connectivity index (χ0) is 21.8. The summed E-state index contributed by atoms with van der Waals surface area (Å²) in [5.74, 6) is -0.824. The summed E-state index contributed by atoms with van der Waals surface area (Å²) in [5, 5.41) is 1.84. The van der Waals surface area contributed by atoms with Crippen LogP contribution in [0.4, 0.5) is 0 Å². The lowest BCUT2D eigenvalue weighted by atomic mass is 10.0. The van der Waals surface area contributed by atoms with Crippen molar-refractivity contribution in [3.8, 4) is 0 Å². The number of ketones is 1. The van der Waals surface area contributed by atoms with Crippen LogP contribution in [0.25, 0.3) is 0 Å². The highest BCUT2D eigenvalue weighted by atomic mass is 32.1. The van der Waals surface area contributed by atoms with Gasteiger partial charge in [-0.1, -0.05) is 6.07 Å². The van der Waals surface area contributed by atoms with E-state index in [1.165, 1.54) is 11.3 Å². The largest absolute Gasteiger partial charge is 0.461 e. The molecule has 1 fully saturated rings. The molecule has 0 unspecified atom stereocenters. The first-order valence-electron chi connectivity index (χ1n) is 10.2. The maximum Gasteiger partial charge on any atom is 0.355 e. The summed E-state index contributed by atoms with van der Waals surface area (Å²) in [4.78, 5) is 40.9. The molecule has 0 saturated carbocycles. The molecule has 0 aliphatic carbocycles.